The maximum absolute atomic E-state index is 12.5. The van der Waals surface area contributed by atoms with Gasteiger partial charge in [0.1, 0.15) is 5.75 Å². The van der Waals surface area contributed by atoms with E-state index in [-0.39, 0.29) is 11.8 Å². The molecule has 1 fully saturated rings. The largest absolute Gasteiger partial charge is 0.497 e. The van der Waals surface area contributed by atoms with Crippen LogP contribution in [0.25, 0.3) is 0 Å². The standard InChI is InChI=1S/C18H22N4O2/c1-24-16-7-5-14(6-8-16)12-21-17(23)15-4-2-11-22(13-15)18-19-9-3-10-20-18/h3,5-10,15H,2,4,11-13H2,1H3,(H,21,23)/t15-/m0/s1. The van der Waals surface area contributed by atoms with Crippen molar-refractivity contribution in [2.45, 2.75) is 19.4 Å². The highest BCUT2D eigenvalue weighted by Gasteiger charge is 2.26. The Bertz CT molecular complexity index is 660. The van der Waals surface area contributed by atoms with Gasteiger partial charge in [0, 0.05) is 32.0 Å². The number of methoxy groups -OCH3 is 1. The third-order valence-electron chi connectivity index (χ3n) is 4.25. The number of carbonyl (C=O) groups is 1. The fourth-order valence-corrected chi connectivity index (χ4v) is 2.90. The van der Waals surface area contributed by atoms with E-state index in [9.17, 15) is 4.79 Å². The molecular formula is C18H22N4O2. The van der Waals surface area contributed by atoms with Crippen molar-refractivity contribution < 1.29 is 9.53 Å². The van der Waals surface area contributed by atoms with Crippen LogP contribution in [0.4, 0.5) is 5.95 Å². The van der Waals surface area contributed by atoms with Gasteiger partial charge in [-0.25, -0.2) is 9.97 Å². The van der Waals surface area contributed by atoms with Gasteiger partial charge in [0.2, 0.25) is 11.9 Å². The summed E-state index contributed by atoms with van der Waals surface area (Å²) >= 11 is 0. The normalized spacial score (nSPS) is 17.4. The number of hydrogen-bond donors (Lipinski definition) is 1. The average Bonchev–Trinajstić information content (AvgIpc) is 2.67. The van der Waals surface area contributed by atoms with Crippen molar-refractivity contribution in [2.24, 2.45) is 5.92 Å². The SMILES string of the molecule is COc1ccc(CNC(=O)[C@H]2CCCN(c3ncccn3)C2)cc1. The first kappa shape index (κ1) is 16.2. The quantitative estimate of drug-likeness (QED) is 0.910. The number of aromatic nitrogens is 2. The second-order valence-corrected chi connectivity index (χ2v) is 5.90. The Labute approximate surface area is 141 Å². The van der Waals surface area contributed by atoms with Gasteiger partial charge in [-0.05, 0) is 36.6 Å². The van der Waals surface area contributed by atoms with E-state index in [2.05, 4.69) is 20.2 Å². The third-order valence-corrected chi connectivity index (χ3v) is 4.25. The zero-order valence-electron chi connectivity index (χ0n) is 13.8. The molecule has 6 heteroatoms. The van der Waals surface area contributed by atoms with Crippen LogP contribution in [0.15, 0.2) is 42.7 Å². The van der Waals surface area contributed by atoms with Crippen molar-refractivity contribution in [2.75, 3.05) is 25.1 Å². The maximum atomic E-state index is 12.5. The summed E-state index contributed by atoms with van der Waals surface area (Å²) in [5.41, 5.74) is 1.06. The molecular weight excluding hydrogens is 304 g/mol. The summed E-state index contributed by atoms with van der Waals surface area (Å²) in [5, 5.41) is 3.03. The number of nitrogens with one attached hydrogen (secondary N) is 1. The Balaban J connectivity index is 1.54. The first-order valence-electron chi connectivity index (χ1n) is 8.19. The molecule has 0 unspecified atom stereocenters. The van der Waals surface area contributed by atoms with E-state index in [0.29, 0.717) is 19.0 Å². The minimum Gasteiger partial charge on any atom is -0.497 e. The summed E-state index contributed by atoms with van der Waals surface area (Å²) in [6, 6.07) is 9.52. The minimum atomic E-state index is -0.0270. The number of hydrogen-bond acceptors (Lipinski definition) is 5. The maximum Gasteiger partial charge on any atom is 0.225 e. The van der Waals surface area contributed by atoms with Crippen LogP contribution in [0.3, 0.4) is 0 Å². The highest BCUT2D eigenvalue weighted by Crippen LogP contribution is 2.20. The summed E-state index contributed by atoms with van der Waals surface area (Å²) in [5.74, 6) is 1.58. The van der Waals surface area contributed by atoms with E-state index < -0.39 is 0 Å². The summed E-state index contributed by atoms with van der Waals surface area (Å²) in [4.78, 5) is 23.1. The number of anilines is 1. The summed E-state index contributed by atoms with van der Waals surface area (Å²) < 4.78 is 5.14. The van der Waals surface area contributed by atoms with Crippen LogP contribution < -0.4 is 15.0 Å². The molecule has 0 aliphatic carbocycles. The lowest BCUT2D eigenvalue weighted by Crippen LogP contribution is -2.43. The van der Waals surface area contributed by atoms with Crippen molar-refractivity contribution in [1.29, 1.82) is 0 Å². The molecule has 1 aliphatic rings. The molecule has 1 aliphatic heterocycles. The Morgan fingerprint density at radius 3 is 2.75 bits per heavy atom. The van der Waals surface area contributed by atoms with Crippen LogP contribution in [0.2, 0.25) is 0 Å². The summed E-state index contributed by atoms with van der Waals surface area (Å²) in [7, 11) is 1.64. The number of ether oxygens (including phenoxy) is 1. The molecule has 3 rings (SSSR count). The highest BCUT2D eigenvalue weighted by molar-refractivity contribution is 5.79. The molecule has 1 N–H and O–H groups in total. The van der Waals surface area contributed by atoms with E-state index in [1.807, 2.05) is 24.3 Å². The van der Waals surface area contributed by atoms with Gasteiger partial charge in [-0.3, -0.25) is 4.79 Å². The van der Waals surface area contributed by atoms with Crippen molar-refractivity contribution in [3.8, 4) is 5.75 Å². The highest BCUT2D eigenvalue weighted by atomic mass is 16.5. The fourth-order valence-electron chi connectivity index (χ4n) is 2.90. The Hall–Kier alpha value is -2.63. The Morgan fingerprint density at radius 2 is 2.04 bits per heavy atom. The number of carbonyl (C=O) groups excluding carboxylic acids is 1. The molecule has 2 aromatic rings. The third kappa shape index (κ3) is 4.01. The molecule has 0 bridgehead atoms. The number of amides is 1. The van der Waals surface area contributed by atoms with Gasteiger partial charge >= 0.3 is 0 Å². The van der Waals surface area contributed by atoms with E-state index in [1.54, 1.807) is 25.6 Å². The average molecular weight is 326 g/mol. The second kappa shape index (κ2) is 7.77. The molecule has 1 amide bonds. The first-order chi connectivity index (χ1) is 11.8. The molecule has 0 radical (unpaired) electrons. The number of benzene rings is 1. The van der Waals surface area contributed by atoms with Crippen molar-refractivity contribution >= 4 is 11.9 Å². The molecule has 2 heterocycles. The smallest absolute Gasteiger partial charge is 0.225 e. The van der Waals surface area contributed by atoms with Crippen LogP contribution in [0, 0.1) is 5.92 Å². The van der Waals surface area contributed by atoms with Crippen LogP contribution in [-0.2, 0) is 11.3 Å². The lowest BCUT2D eigenvalue weighted by atomic mass is 9.97. The minimum absolute atomic E-state index is 0.0270. The number of nitrogens with zero attached hydrogens (tertiary/aromatic N) is 3. The summed E-state index contributed by atoms with van der Waals surface area (Å²) in [6.45, 7) is 2.09. The number of rotatable bonds is 5. The lowest BCUT2D eigenvalue weighted by molar-refractivity contribution is -0.125. The van der Waals surface area contributed by atoms with Gasteiger partial charge in [0.15, 0.2) is 0 Å². The Kier molecular flexibility index (Phi) is 5.25. The van der Waals surface area contributed by atoms with Crippen LogP contribution >= 0.6 is 0 Å². The second-order valence-electron chi connectivity index (χ2n) is 5.90. The Morgan fingerprint density at radius 1 is 1.29 bits per heavy atom. The van der Waals surface area contributed by atoms with Gasteiger partial charge in [-0.2, -0.15) is 0 Å². The summed E-state index contributed by atoms with van der Waals surface area (Å²) in [6.07, 6.45) is 5.34. The van der Waals surface area contributed by atoms with Crippen LogP contribution in [-0.4, -0.2) is 36.1 Å². The van der Waals surface area contributed by atoms with Gasteiger partial charge in [-0.1, -0.05) is 12.1 Å². The first-order valence-corrected chi connectivity index (χ1v) is 8.19. The molecule has 0 spiro atoms. The molecule has 1 aromatic heterocycles. The molecule has 1 atom stereocenters. The molecule has 126 valence electrons. The molecule has 1 aromatic carbocycles. The topological polar surface area (TPSA) is 67.3 Å². The van der Waals surface area contributed by atoms with E-state index >= 15 is 0 Å². The van der Waals surface area contributed by atoms with E-state index in [0.717, 1.165) is 30.7 Å². The monoisotopic (exact) mass is 326 g/mol. The van der Waals surface area contributed by atoms with Gasteiger partial charge in [0.05, 0.1) is 13.0 Å². The molecule has 0 saturated carbocycles. The molecule has 6 nitrogen and oxygen atoms in total. The van der Waals surface area contributed by atoms with Gasteiger partial charge in [0.25, 0.3) is 0 Å². The zero-order valence-corrected chi connectivity index (χ0v) is 13.8. The van der Waals surface area contributed by atoms with Crippen LogP contribution in [0.5, 0.6) is 5.75 Å². The fraction of sp³-hybridized carbons (Fsp3) is 0.389. The lowest BCUT2D eigenvalue weighted by Gasteiger charge is -2.31. The number of piperidine rings is 1. The van der Waals surface area contributed by atoms with Crippen molar-refractivity contribution in [3.05, 3.63) is 48.3 Å². The van der Waals surface area contributed by atoms with Crippen LogP contribution in [0.1, 0.15) is 18.4 Å². The van der Waals surface area contributed by atoms with E-state index in [4.69, 9.17) is 4.74 Å². The van der Waals surface area contributed by atoms with Crippen molar-refractivity contribution in [3.63, 3.8) is 0 Å². The zero-order chi connectivity index (χ0) is 16.8. The molecule has 1 saturated heterocycles. The predicted octanol–water partition coefficient (Wildman–Crippen LogP) is 2.02. The van der Waals surface area contributed by atoms with Gasteiger partial charge < -0.3 is 15.0 Å². The predicted molar refractivity (Wildman–Crippen MR) is 91.8 cm³/mol. The van der Waals surface area contributed by atoms with Crippen molar-refractivity contribution in [1.82, 2.24) is 15.3 Å². The van der Waals surface area contributed by atoms with Gasteiger partial charge in [-0.15, -0.1) is 0 Å². The van der Waals surface area contributed by atoms with E-state index in [1.165, 1.54) is 0 Å². The molecule has 24 heavy (non-hydrogen) atoms.